The van der Waals surface area contributed by atoms with Crippen LogP contribution in [0.15, 0.2) is 71.5 Å². The van der Waals surface area contributed by atoms with Crippen molar-refractivity contribution in [3.63, 3.8) is 0 Å². The summed E-state index contributed by atoms with van der Waals surface area (Å²) in [5.41, 5.74) is 9.07. The van der Waals surface area contributed by atoms with Gasteiger partial charge in [0, 0.05) is 29.8 Å². The van der Waals surface area contributed by atoms with E-state index in [1.54, 1.807) is 36.5 Å². The molecule has 0 aliphatic heterocycles. The Bertz CT molecular complexity index is 1330. The zero-order valence-corrected chi connectivity index (χ0v) is 19.4. The predicted molar refractivity (Wildman–Crippen MR) is 120 cm³/mol. The van der Waals surface area contributed by atoms with E-state index in [0.717, 1.165) is 11.1 Å². The zero-order chi connectivity index (χ0) is 24.1. The van der Waals surface area contributed by atoms with Gasteiger partial charge in [0.1, 0.15) is 12.2 Å². The highest BCUT2D eigenvalue weighted by molar-refractivity contribution is 7.44. The summed E-state index contributed by atoms with van der Waals surface area (Å²) < 4.78 is 27.7. The topological polar surface area (TPSA) is 148 Å². The fourth-order valence-corrected chi connectivity index (χ4v) is 3.62. The van der Waals surface area contributed by atoms with E-state index in [2.05, 4.69) is 14.7 Å². The highest BCUT2D eigenvalue weighted by Gasteiger charge is 2.18. The van der Waals surface area contributed by atoms with Gasteiger partial charge in [-0.3, -0.25) is 14.8 Å². The van der Waals surface area contributed by atoms with Gasteiger partial charge in [-0.15, -0.1) is 0 Å². The molecule has 3 heterocycles. The van der Waals surface area contributed by atoms with Crippen molar-refractivity contribution < 1.29 is 32.7 Å². The van der Waals surface area contributed by atoms with Crippen LogP contribution in [0.3, 0.4) is 0 Å². The molecule has 3 aromatic heterocycles. The molecule has 4 aromatic rings. The Kier molecular flexibility index (Phi) is 7.26. The molecule has 0 radical (unpaired) electrons. The van der Waals surface area contributed by atoms with Crippen molar-refractivity contribution in [3.05, 3.63) is 88.8 Å². The molecule has 0 bridgehead atoms. The molecule has 4 rings (SSSR count). The van der Waals surface area contributed by atoms with Crippen molar-refractivity contribution in [2.75, 3.05) is 5.73 Å². The summed E-state index contributed by atoms with van der Waals surface area (Å²) in [5.74, 6) is 1.06. The maximum Gasteiger partial charge on any atom is 0.285 e. The number of nitrogens with two attached hydrogens (primary N) is 1. The Labute approximate surface area is 199 Å². The van der Waals surface area contributed by atoms with Crippen LogP contribution >= 0.6 is 19.4 Å². The van der Waals surface area contributed by atoms with Crippen LogP contribution in [0.5, 0.6) is 5.88 Å². The van der Waals surface area contributed by atoms with Crippen molar-refractivity contribution in [1.29, 1.82) is 0 Å². The average molecular weight is 503 g/mol. The summed E-state index contributed by atoms with van der Waals surface area (Å²) in [4.78, 5) is 24.0. The molecule has 10 nitrogen and oxygen atoms in total. The van der Waals surface area contributed by atoms with Crippen molar-refractivity contribution in [3.8, 4) is 17.2 Å². The number of nitrogens with zero attached hydrogens (tertiary/aromatic N) is 3. The predicted octanol–water partition coefficient (Wildman–Crippen LogP) is 2.86. The van der Waals surface area contributed by atoms with Gasteiger partial charge in [-0.05, 0) is 35.4 Å². The van der Waals surface area contributed by atoms with E-state index in [9.17, 15) is 9.46 Å². The Morgan fingerprint density at radius 2 is 2.03 bits per heavy atom. The number of pyridine rings is 2. The summed E-state index contributed by atoms with van der Waals surface area (Å²) in [6.45, 7) is -0.122. The second-order valence-electron chi connectivity index (χ2n) is 7.29. The number of anilines is 1. The van der Waals surface area contributed by atoms with E-state index >= 15 is 0 Å². The van der Waals surface area contributed by atoms with E-state index in [4.69, 9.17) is 31.5 Å². The summed E-state index contributed by atoms with van der Waals surface area (Å²) in [5, 5.41) is 4.72. The lowest BCUT2D eigenvalue weighted by molar-refractivity contribution is -0.712. The Balaban J connectivity index is 1.40. The third-order valence-electron chi connectivity index (χ3n) is 4.76. The molecule has 12 heteroatoms. The fourth-order valence-electron chi connectivity index (χ4n) is 3.14. The standard InChI is InChI=1S/C22H20ClN4O6P/c23-17-4-1-3-16(9-17)13-31-21-7-6-15(12-25-21)10-18-11-20(33-26-18)19-5-2-8-27(22(19)24)14-32-34(28,29)30/h1-9,11-12,24H,10,13-14H2,(H2,28,29,30). The van der Waals surface area contributed by atoms with E-state index in [1.165, 1.54) is 10.8 Å². The quantitative estimate of drug-likeness (QED) is 0.260. The molecule has 176 valence electrons. The van der Waals surface area contributed by atoms with Gasteiger partial charge >= 0.3 is 0 Å². The maximum absolute atomic E-state index is 10.8. The molecule has 0 saturated carbocycles. The van der Waals surface area contributed by atoms with Gasteiger partial charge in [0.2, 0.25) is 5.88 Å². The third kappa shape index (κ3) is 6.40. The fraction of sp³-hybridized carbons (Fsp3) is 0.136. The van der Waals surface area contributed by atoms with Gasteiger partial charge in [-0.1, -0.05) is 35.0 Å². The van der Waals surface area contributed by atoms with Crippen LogP contribution in [0.2, 0.25) is 5.02 Å². The monoisotopic (exact) mass is 502 g/mol. The van der Waals surface area contributed by atoms with Gasteiger partial charge in [0.05, 0.1) is 11.9 Å². The molecule has 0 saturated heterocycles. The molecule has 1 aromatic carbocycles. The molecule has 0 fully saturated rings. The van der Waals surface area contributed by atoms with Crippen LogP contribution in [-0.4, -0.2) is 15.0 Å². The second kappa shape index (κ2) is 10.3. The van der Waals surface area contributed by atoms with Crippen molar-refractivity contribution in [2.45, 2.75) is 19.8 Å². The lowest BCUT2D eigenvalue weighted by Gasteiger charge is -2.14. The molecule has 34 heavy (non-hydrogen) atoms. The Morgan fingerprint density at radius 1 is 1.18 bits per heavy atom. The number of aromatic nitrogens is 3. The number of phosphoric ester groups is 1. The third-order valence-corrected chi connectivity index (χ3v) is 5.43. The summed E-state index contributed by atoms with van der Waals surface area (Å²) >= 11 is 5.98. The van der Waals surface area contributed by atoms with Crippen LogP contribution < -0.4 is 19.9 Å². The summed E-state index contributed by atoms with van der Waals surface area (Å²) in [6.07, 6.45) is 3.66. The highest BCUT2D eigenvalue weighted by Crippen LogP contribution is 2.30. The minimum atomic E-state index is -4.88. The Hall–Kier alpha value is -3.27. The molecular formula is C22H20ClN4O6P. The molecular weight excluding hydrogens is 483 g/mol. The highest BCUT2D eigenvalue weighted by atomic mass is 35.5. The minimum Gasteiger partial charge on any atom is -0.756 e. The number of nitrogen functional groups attached to an aromatic ring is 1. The van der Waals surface area contributed by atoms with E-state index in [-0.39, 0.29) is 5.82 Å². The molecule has 0 aliphatic carbocycles. The van der Waals surface area contributed by atoms with Crippen LogP contribution in [0.1, 0.15) is 16.8 Å². The van der Waals surface area contributed by atoms with Crippen LogP contribution in [0.25, 0.3) is 11.3 Å². The average Bonchev–Trinajstić information content (AvgIpc) is 3.25. The SMILES string of the molecule is Nc1c(-c2cc(Cc3ccc(OCc4cccc(Cl)c4)nc3)no2)ccc[n+]1COP(=O)([O-])O. The van der Waals surface area contributed by atoms with Gasteiger partial charge in [0.25, 0.3) is 13.6 Å². The molecule has 0 amide bonds. The van der Waals surface area contributed by atoms with Crippen LogP contribution in [0, 0.1) is 0 Å². The summed E-state index contributed by atoms with van der Waals surface area (Å²) in [6, 6.07) is 16.1. The van der Waals surface area contributed by atoms with Crippen LogP contribution in [-0.2, 0) is 28.8 Å². The van der Waals surface area contributed by atoms with Crippen LogP contribution in [0.4, 0.5) is 5.82 Å². The lowest BCUT2D eigenvalue weighted by atomic mass is 10.1. The number of ether oxygens (including phenoxy) is 1. The number of halogens is 1. The molecule has 0 aliphatic rings. The normalized spacial score (nSPS) is 12.9. The summed E-state index contributed by atoms with van der Waals surface area (Å²) in [7, 11) is -4.88. The van der Waals surface area contributed by atoms with Gasteiger partial charge in [-0.2, -0.15) is 0 Å². The number of hydrogen-bond acceptors (Lipinski definition) is 8. The lowest BCUT2D eigenvalue weighted by Crippen LogP contribution is -2.38. The van der Waals surface area contributed by atoms with Crippen molar-refractivity contribution >= 4 is 25.2 Å². The first-order valence-corrected chi connectivity index (χ1v) is 11.9. The number of phosphoric acid groups is 1. The minimum absolute atomic E-state index is 0.182. The molecule has 1 unspecified atom stereocenters. The molecule has 3 N–H and O–H groups in total. The molecule has 1 atom stereocenters. The number of rotatable bonds is 9. The number of benzene rings is 1. The largest absolute Gasteiger partial charge is 0.756 e. The van der Waals surface area contributed by atoms with E-state index < -0.39 is 14.6 Å². The van der Waals surface area contributed by atoms with E-state index in [1.807, 2.05) is 24.3 Å². The Morgan fingerprint density at radius 3 is 2.76 bits per heavy atom. The van der Waals surface area contributed by atoms with E-state index in [0.29, 0.717) is 40.9 Å². The van der Waals surface area contributed by atoms with Gasteiger partial charge in [-0.25, -0.2) is 9.55 Å². The first-order chi connectivity index (χ1) is 16.3. The number of hydrogen-bond donors (Lipinski definition) is 2. The maximum atomic E-state index is 10.8. The van der Waals surface area contributed by atoms with Crippen molar-refractivity contribution in [1.82, 2.24) is 10.1 Å². The first kappa shape index (κ1) is 23.9. The zero-order valence-electron chi connectivity index (χ0n) is 17.7. The molecule has 0 spiro atoms. The second-order valence-corrected chi connectivity index (χ2v) is 8.92. The smallest absolute Gasteiger partial charge is 0.285 e. The van der Waals surface area contributed by atoms with Crippen molar-refractivity contribution in [2.24, 2.45) is 0 Å². The van der Waals surface area contributed by atoms with Gasteiger partial charge < -0.3 is 19.0 Å². The first-order valence-electron chi connectivity index (χ1n) is 10.0. The van der Waals surface area contributed by atoms with Gasteiger partial charge in [0.15, 0.2) is 12.5 Å².